The van der Waals surface area contributed by atoms with Crippen LogP contribution in [-0.2, 0) is 27.0 Å². The number of carbonyl (C=O) groups excluding carboxylic acids is 1. The lowest BCUT2D eigenvalue weighted by atomic mass is 9.87. The van der Waals surface area contributed by atoms with Gasteiger partial charge in [-0.1, -0.05) is 42.5 Å². The average molecular weight is 478 g/mol. The SMILES string of the molecule is NS(=O)(=O)c1ccc(C2(O)C(=O)N(Cc3ccc(N4CCCCC4)cc3)c3ccccc32)cc1. The summed E-state index contributed by atoms with van der Waals surface area (Å²) in [7, 11) is -3.88. The monoisotopic (exact) mass is 477 g/mol. The minimum atomic E-state index is -3.88. The Morgan fingerprint density at radius 3 is 2.18 bits per heavy atom. The number of carbonyl (C=O) groups is 1. The summed E-state index contributed by atoms with van der Waals surface area (Å²) in [6.07, 6.45) is 3.69. The van der Waals surface area contributed by atoms with Crippen LogP contribution >= 0.6 is 0 Å². The van der Waals surface area contributed by atoms with E-state index in [1.54, 1.807) is 17.0 Å². The number of nitrogens with two attached hydrogens (primary N) is 1. The van der Waals surface area contributed by atoms with Gasteiger partial charge in [-0.15, -0.1) is 0 Å². The van der Waals surface area contributed by atoms with Crippen LogP contribution in [0.1, 0.15) is 36.0 Å². The molecule has 2 heterocycles. The molecule has 0 radical (unpaired) electrons. The predicted molar refractivity (Wildman–Crippen MR) is 131 cm³/mol. The van der Waals surface area contributed by atoms with E-state index < -0.39 is 21.5 Å². The Kier molecular flexibility index (Phi) is 5.67. The Labute approximate surface area is 199 Å². The summed E-state index contributed by atoms with van der Waals surface area (Å²) in [6.45, 7) is 2.44. The van der Waals surface area contributed by atoms with Crippen molar-refractivity contribution in [2.24, 2.45) is 5.14 Å². The zero-order valence-corrected chi connectivity index (χ0v) is 19.5. The van der Waals surface area contributed by atoms with Gasteiger partial charge in [0.05, 0.1) is 17.1 Å². The van der Waals surface area contributed by atoms with Crippen LogP contribution in [0.3, 0.4) is 0 Å². The Morgan fingerprint density at radius 1 is 0.882 bits per heavy atom. The first-order valence-electron chi connectivity index (χ1n) is 11.4. The lowest BCUT2D eigenvalue weighted by Crippen LogP contribution is -2.40. The normalized spacial score (nSPS) is 20.5. The molecule has 0 bridgehead atoms. The van der Waals surface area contributed by atoms with Gasteiger partial charge < -0.3 is 14.9 Å². The number of hydrogen-bond donors (Lipinski definition) is 2. The first kappa shape index (κ1) is 22.6. The average Bonchev–Trinajstić information content (AvgIpc) is 3.07. The molecule has 1 atom stereocenters. The number of amides is 1. The molecule has 8 heteroatoms. The lowest BCUT2D eigenvalue weighted by Gasteiger charge is -2.29. The van der Waals surface area contributed by atoms with Gasteiger partial charge in [0.2, 0.25) is 10.0 Å². The number of para-hydroxylation sites is 1. The third kappa shape index (κ3) is 3.87. The number of hydrogen-bond acceptors (Lipinski definition) is 5. The minimum Gasteiger partial charge on any atom is -0.372 e. The van der Waals surface area contributed by atoms with E-state index in [4.69, 9.17) is 5.14 Å². The molecule has 1 fully saturated rings. The predicted octanol–water partition coefficient (Wildman–Crippen LogP) is 3.11. The highest BCUT2D eigenvalue weighted by Crippen LogP contribution is 2.45. The molecule has 1 amide bonds. The van der Waals surface area contributed by atoms with Gasteiger partial charge in [0.15, 0.2) is 5.60 Å². The van der Waals surface area contributed by atoms with Crippen molar-refractivity contribution in [3.63, 3.8) is 0 Å². The number of nitrogens with zero attached hydrogens (tertiary/aromatic N) is 2. The molecule has 1 saturated heterocycles. The Hall–Kier alpha value is -3.20. The smallest absolute Gasteiger partial charge is 0.268 e. The molecule has 0 spiro atoms. The molecule has 2 aliphatic heterocycles. The van der Waals surface area contributed by atoms with Crippen molar-refractivity contribution in [1.29, 1.82) is 0 Å². The van der Waals surface area contributed by atoms with Crippen LogP contribution in [-0.4, -0.2) is 32.5 Å². The summed E-state index contributed by atoms with van der Waals surface area (Å²) in [5.74, 6) is -0.475. The third-order valence-corrected chi connectivity index (χ3v) is 7.67. The quantitative estimate of drug-likeness (QED) is 0.588. The van der Waals surface area contributed by atoms with Gasteiger partial charge in [-0.3, -0.25) is 4.79 Å². The zero-order valence-electron chi connectivity index (χ0n) is 18.7. The van der Waals surface area contributed by atoms with Gasteiger partial charge in [0.1, 0.15) is 0 Å². The molecule has 3 aromatic carbocycles. The number of sulfonamides is 1. The Balaban J connectivity index is 1.45. The fourth-order valence-electron chi connectivity index (χ4n) is 4.90. The van der Waals surface area contributed by atoms with Crippen LogP contribution in [0.5, 0.6) is 0 Å². The summed E-state index contributed by atoms with van der Waals surface area (Å²) in [4.78, 5) is 17.5. The van der Waals surface area contributed by atoms with E-state index in [2.05, 4.69) is 17.0 Å². The molecule has 176 valence electrons. The van der Waals surface area contributed by atoms with Gasteiger partial charge >= 0.3 is 0 Å². The van der Waals surface area contributed by atoms with E-state index in [1.165, 1.54) is 49.2 Å². The van der Waals surface area contributed by atoms with Crippen LogP contribution in [0.15, 0.2) is 77.7 Å². The second kappa shape index (κ2) is 8.54. The van der Waals surface area contributed by atoms with Crippen molar-refractivity contribution < 1.29 is 18.3 Å². The second-order valence-corrected chi connectivity index (χ2v) is 10.5. The molecular formula is C26H27N3O4S. The third-order valence-electron chi connectivity index (χ3n) is 6.74. The summed E-state index contributed by atoms with van der Waals surface area (Å²) in [5.41, 5.74) is 1.61. The van der Waals surface area contributed by atoms with Crippen LogP contribution in [0.25, 0.3) is 0 Å². The van der Waals surface area contributed by atoms with Crippen molar-refractivity contribution in [3.8, 4) is 0 Å². The van der Waals surface area contributed by atoms with Crippen LogP contribution in [0, 0.1) is 0 Å². The van der Waals surface area contributed by atoms with E-state index in [0.29, 0.717) is 23.4 Å². The standard InChI is InChI=1S/C26H27N3O4S/c27-34(32,33)22-14-10-20(11-15-22)26(31)23-6-2-3-7-24(23)29(25(26)30)18-19-8-12-21(13-9-19)28-16-4-1-5-17-28/h2-3,6-15,31H,1,4-5,16-18H2,(H2,27,32,33). The maximum Gasteiger partial charge on any atom is 0.268 e. The fraction of sp³-hybridized carbons (Fsp3) is 0.269. The molecular weight excluding hydrogens is 450 g/mol. The maximum atomic E-state index is 13.6. The minimum absolute atomic E-state index is 0.0794. The summed E-state index contributed by atoms with van der Waals surface area (Å²) >= 11 is 0. The highest BCUT2D eigenvalue weighted by Gasteiger charge is 2.50. The van der Waals surface area contributed by atoms with E-state index >= 15 is 0 Å². The first-order valence-corrected chi connectivity index (χ1v) is 12.9. The molecule has 5 rings (SSSR count). The number of aliphatic hydroxyl groups is 1. The van der Waals surface area contributed by atoms with Crippen molar-refractivity contribution in [2.45, 2.75) is 36.3 Å². The van der Waals surface area contributed by atoms with E-state index in [0.717, 1.165) is 18.7 Å². The molecule has 0 saturated carbocycles. The first-order chi connectivity index (χ1) is 16.3. The van der Waals surface area contributed by atoms with Gasteiger partial charge in [-0.25, -0.2) is 13.6 Å². The molecule has 3 N–H and O–H groups in total. The van der Waals surface area contributed by atoms with Crippen molar-refractivity contribution in [2.75, 3.05) is 22.9 Å². The molecule has 0 aromatic heterocycles. The van der Waals surface area contributed by atoms with Crippen molar-refractivity contribution in [1.82, 2.24) is 0 Å². The van der Waals surface area contributed by atoms with Gasteiger partial charge in [0.25, 0.3) is 5.91 Å². The highest BCUT2D eigenvalue weighted by molar-refractivity contribution is 7.89. The summed E-state index contributed by atoms with van der Waals surface area (Å²) in [6, 6.07) is 20.8. The second-order valence-electron chi connectivity index (χ2n) is 8.90. The topological polar surface area (TPSA) is 104 Å². The molecule has 34 heavy (non-hydrogen) atoms. The Bertz CT molecular complexity index is 1320. The highest BCUT2D eigenvalue weighted by atomic mass is 32.2. The van der Waals surface area contributed by atoms with Crippen molar-refractivity contribution >= 4 is 27.3 Å². The maximum absolute atomic E-state index is 13.6. The number of anilines is 2. The number of rotatable bonds is 5. The van der Waals surface area contributed by atoms with Crippen LogP contribution in [0.2, 0.25) is 0 Å². The Morgan fingerprint density at radius 2 is 1.53 bits per heavy atom. The van der Waals surface area contributed by atoms with Gasteiger partial charge in [-0.2, -0.15) is 0 Å². The molecule has 2 aliphatic rings. The van der Waals surface area contributed by atoms with E-state index in [-0.39, 0.29) is 4.90 Å². The number of piperidine rings is 1. The van der Waals surface area contributed by atoms with Crippen molar-refractivity contribution in [3.05, 3.63) is 89.5 Å². The summed E-state index contributed by atoms with van der Waals surface area (Å²) < 4.78 is 23.3. The largest absolute Gasteiger partial charge is 0.372 e. The number of benzene rings is 3. The van der Waals surface area contributed by atoms with Crippen LogP contribution in [0.4, 0.5) is 11.4 Å². The lowest BCUT2D eigenvalue weighted by molar-refractivity contribution is -0.132. The molecule has 0 aliphatic carbocycles. The summed E-state index contributed by atoms with van der Waals surface area (Å²) in [5, 5.41) is 16.9. The number of fused-ring (bicyclic) bond motifs is 1. The van der Waals surface area contributed by atoms with Gasteiger partial charge in [0, 0.05) is 24.3 Å². The fourth-order valence-corrected chi connectivity index (χ4v) is 5.42. The van der Waals surface area contributed by atoms with E-state index in [1.807, 2.05) is 24.3 Å². The molecule has 7 nitrogen and oxygen atoms in total. The van der Waals surface area contributed by atoms with E-state index in [9.17, 15) is 18.3 Å². The van der Waals surface area contributed by atoms with Gasteiger partial charge in [-0.05, 0) is 60.7 Å². The molecule has 3 aromatic rings. The van der Waals surface area contributed by atoms with Crippen LogP contribution < -0.4 is 14.9 Å². The zero-order chi connectivity index (χ0) is 23.9. The molecule has 1 unspecified atom stereocenters. The number of primary sulfonamides is 1.